The molecular formula is C16H35IN4O. The molecule has 0 amide bonds. The SMILES string of the molecule is CCCCOCCNC(=NC)NC1CCN(CCC)CC1.I. The van der Waals surface area contributed by atoms with Crippen molar-refractivity contribution in [3.8, 4) is 0 Å². The predicted octanol–water partition coefficient (Wildman–Crippen LogP) is 2.46. The van der Waals surface area contributed by atoms with Crippen molar-refractivity contribution in [3.05, 3.63) is 0 Å². The van der Waals surface area contributed by atoms with E-state index < -0.39 is 0 Å². The van der Waals surface area contributed by atoms with Gasteiger partial charge in [0.25, 0.3) is 0 Å². The molecule has 1 rings (SSSR count). The Morgan fingerprint density at radius 2 is 1.91 bits per heavy atom. The van der Waals surface area contributed by atoms with E-state index >= 15 is 0 Å². The van der Waals surface area contributed by atoms with Crippen LogP contribution in [0.15, 0.2) is 4.99 Å². The lowest BCUT2D eigenvalue weighted by molar-refractivity contribution is 0.135. The zero-order valence-electron chi connectivity index (χ0n) is 14.6. The van der Waals surface area contributed by atoms with E-state index in [1.807, 2.05) is 7.05 Å². The minimum atomic E-state index is 0. The van der Waals surface area contributed by atoms with Crippen LogP contribution in [0.5, 0.6) is 0 Å². The largest absolute Gasteiger partial charge is 0.380 e. The van der Waals surface area contributed by atoms with Gasteiger partial charge in [0.05, 0.1) is 6.61 Å². The number of aliphatic imine (C=N–C) groups is 1. The van der Waals surface area contributed by atoms with Crippen molar-refractivity contribution in [1.82, 2.24) is 15.5 Å². The molecule has 5 nitrogen and oxygen atoms in total. The first-order valence-corrected chi connectivity index (χ1v) is 8.57. The van der Waals surface area contributed by atoms with Gasteiger partial charge in [-0.3, -0.25) is 4.99 Å². The summed E-state index contributed by atoms with van der Waals surface area (Å²) in [5.41, 5.74) is 0. The highest BCUT2D eigenvalue weighted by Crippen LogP contribution is 2.10. The van der Waals surface area contributed by atoms with Crippen LogP contribution in [0.1, 0.15) is 46.0 Å². The van der Waals surface area contributed by atoms with Gasteiger partial charge in [0.15, 0.2) is 5.96 Å². The second-order valence-corrected chi connectivity index (χ2v) is 5.73. The van der Waals surface area contributed by atoms with Crippen molar-refractivity contribution >= 4 is 29.9 Å². The van der Waals surface area contributed by atoms with Gasteiger partial charge in [-0.15, -0.1) is 24.0 Å². The number of hydrogen-bond acceptors (Lipinski definition) is 3. The molecule has 1 aliphatic rings. The molecule has 0 unspecified atom stereocenters. The molecule has 1 aliphatic heterocycles. The fourth-order valence-electron chi connectivity index (χ4n) is 2.60. The third-order valence-corrected chi connectivity index (χ3v) is 3.87. The average molecular weight is 426 g/mol. The molecular weight excluding hydrogens is 391 g/mol. The minimum absolute atomic E-state index is 0. The molecule has 22 heavy (non-hydrogen) atoms. The van der Waals surface area contributed by atoms with Gasteiger partial charge < -0.3 is 20.3 Å². The Hall–Kier alpha value is -0.0800. The molecule has 0 aromatic heterocycles. The summed E-state index contributed by atoms with van der Waals surface area (Å²) in [5.74, 6) is 0.906. The Labute approximate surface area is 153 Å². The molecule has 0 atom stereocenters. The number of rotatable bonds is 9. The number of piperidine rings is 1. The summed E-state index contributed by atoms with van der Waals surface area (Å²) < 4.78 is 5.55. The van der Waals surface area contributed by atoms with Crippen LogP contribution < -0.4 is 10.6 Å². The number of guanidine groups is 1. The molecule has 0 spiro atoms. The second-order valence-electron chi connectivity index (χ2n) is 5.73. The van der Waals surface area contributed by atoms with Crippen LogP contribution in [-0.2, 0) is 4.74 Å². The molecule has 2 N–H and O–H groups in total. The van der Waals surface area contributed by atoms with Crippen molar-refractivity contribution in [2.24, 2.45) is 4.99 Å². The highest BCUT2D eigenvalue weighted by molar-refractivity contribution is 14.0. The van der Waals surface area contributed by atoms with Crippen LogP contribution in [0.25, 0.3) is 0 Å². The molecule has 0 saturated carbocycles. The summed E-state index contributed by atoms with van der Waals surface area (Å²) in [4.78, 5) is 6.85. The molecule has 0 aromatic carbocycles. The Kier molecular flexibility index (Phi) is 14.5. The van der Waals surface area contributed by atoms with E-state index in [1.54, 1.807) is 0 Å². The van der Waals surface area contributed by atoms with Gasteiger partial charge >= 0.3 is 0 Å². The summed E-state index contributed by atoms with van der Waals surface area (Å²) >= 11 is 0. The number of halogens is 1. The monoisotopic (exact) mass is 426 g/mol. The first-order valence-electron chi connectivity index (χ1n) is 8.57. The summed E-state index contributed by atoms with van der Waals surface area (Å²) in [6.45, 7) is 10.5. The number of ether oxygens (including phenoxy) is 1. The summed E-state index contributed by atoms with van der Waals surface area (Å²) in [5, 5.41) is 6.86. The number of likely N-dealkylation sites (tertiary alicyclic amines) is 1. The Morgan fingerprint density at radius 3 is 2.50 bits per heavy atom. The molecule has 0 aliphatic carbocycles. The number of hydrogen-bond donors (Lipinski definition) is 2. The normalized spacial score (nSPS) is 17.1. The van der Waals surface area contributed by atoms with Gasteiger partial charge in [-0.1, -0.05) is 20.3 Å². The standard InChI is InChI=1S/C16H34N4O.HI/c1-4-6-13-21-14-9-18-16(17-3)19-15-7-11-20(10-5-2)12-8-15;/h15H,4-14H2,1-3H3,(H2,17,18,19);1H. The second kappa shape index (κ2) is 14.5. The zero-order chi connectivity index (χ0) is 15.3. The highest BCUT2D eigenvalue weighted by atomic mass is 127. The third kappa shape index (κ3) is 9.84. The lowest BCUT2D eigenvalue weighted by atomic mass is 10.1. The Morgan fingerprint density at radius 1 is 1.18 bits per heavy atom. The quantitative estimate of drug-likeness (QED) is 0.258. The van der Waals surface area contributed by atoms with E-state index in [0.29, 0.717) is 6.04 Å². The van der Waals surface area contributed by atoms with Gasteiger partial charge in [-0.2, -0.15) is 0 Å². The highest BCUT2D eigenvalue weighted by Gasteiger charge is 2.18. The maximum Gasteiger partial charge on any atom is 0.191 e. The fourth-order valence-corrected chi connectivity index (χ4v) is 2.60. The molecule has 1 heterocycles. The summed E-state index contributed by atoms with van der Waals surface area (Å²) in [6.07, 6.45) is 5.98. The molecule has 0 aromatic rings. The Balaban J connectivity index is 0.00000441. The predicted molar refractivity (Wildman–Crippen MR) is 105 cm³/mol. The van der Waals surface area contributed by atoms with Gasteiger partial charge in [0, 0.05) is 39.3 Å². The fraction of sp³-hybridized carbons (Fsp3) is 0.938. The first kappa shape index (κ1) is 21.9. The zero-order valence-corrected chi connectivity index (χ0v) is 16.9. The third-order valence-electron chi connectivity index (χ3n) is 3.87. The van der Waals surface area contributed by atoms with Gasteiger partial charge in [-0.05, 0) is 32.2 Å². The Bertz CT molecular complexity index is 281. The van der Waals surface area contributed by atoms with Crippen molar-refractivity contribution in [3.63, 3.8) is 0 Å². The molecule has 132 valence electrons. The number of nitrogens with zero attached hydrogens (tertiary/aromatic N) is 2. The van der Waals surface area contributed by atoms with E-state index in [1.165, 1.54) is 45.3 Å². The van der Waals surface area contributed by atoms with E-state index in [0.717, 1.165) is 32.1 Å². The topological polar surface area (TPSA) is 48.9 Å². The van der Waals surface area contributed by atoms with Crippen LogP contribution in [0.2, 0.25) is 0 Å². The maximum absolute atomic E-state index is 5.55. The van der Waals surface area contributed by atoms with Crippen LogP contribution in [0.4, 0.5) is 0 Å². The van der Waals surface area contributed by atoms with Crippen molar-refractivity contribution in [2.75, 3.05) is 46.4 Å². The average Bonchev–Trinajstić information content (AvgIpc) is 2.51. The van der Waals surface area contributed by atoms with Crippen LogP contribution in [0.3, 0.4) is 0 Å². The summed E-state index contributed by atoms with van der Waals surface area (Å²) in [6, 6.07) is 0.547. The van der Waals surface area contributed by atoms with Crippen molar-refractivity contribution in [2.45, 2.75) is 52.0 Å². The lowest BCUT2D eigenvalue weighted by Gasteiger charge is -2.32. The molecule has 0 radical (unpaired) electrons. The summed E-state index contributed by atoms with van der Waals surface area (Å²) in [7, 11) is 1.83. The van der Waals surface area contributed by atoms with Crippen molar-refractivity contribution in [1.29, 1.82) is 0 Å². The molecule has 6 heteroatoms. The van der Waals surface area contributed by atoms with Crippen LogP contribution in [-0.4, -0.2) is 63.3 Å². The minimum Gasteiger partial charge on any atom is -0.380 e. The molecule has 1 fully saturated rings. The number of unbranched alkanes of at least 4 members (excludes halogenated alkanes) is 1. The molecule has 1 saturated heterocycles. The lowest BCUT2D eigenvalue weighted by Crippen LogP contribution is -2.49. The van der Waals surface area contributed by atoms with E-state index in [4.69, 9.17) is 4.74 Å². The molecule has 0 bridgehead atoms. The van der Waals surface area contributed by atoms with Gasteiger partial charge in [-0.25, -0.2) is 0 Å². The van der Waals surface area contributed by atoms with E-state index in [2.05, 4.69) is 34.4 Å². The van der Waals surface area contributed by atoms with Crippen LogP contribution in [0, 0.1) is 0 Å². The van der Waals surface area contributed by atoms with Gasteiger partial charge in [0.2, 0.25) is 0 Å². The van der Waals surface area contributed by atoms with E-state index in [9.17, 15) is 0 Å². The van der Waals surface area contributed by atoms with Crippen LogP contribution >= 0.6 is 24.0 Å². The smallest absolute Gasteiger partial charge is 0.191 e. The van der Waals surface area contributed by atoms with Gasteiger partial charge in [0.1, 0.15) is 0 Å². The maximum atomic E-state index is 5.55. The first-order chi connectivity index (χ1) is 10.3. The number of nitrogens with one attached hydrogen (secondary N) is 2. The van der Waals surface area contributed by atoms with E-state index in [-0.39, 0.29) is 24.0 Å². The van der Waals surface area contributed by atoms with Crippen molar-refractivity contribution < 1.29 is 4.74 Å².